The summed E-state index contributed by atoms with van der Waals surface area (Å²) in [5.74, 6) is -7.78. The summed E-state index contributed by atoms with van der Waals surface area (Å²) in [6.45, 7) is 11.1. The van der Waals surface area contributed by atoms with E-state index in [0.717, 1.165) is 10.5 Å². The van der Waals surface area contributed by atoms with Crippen LogP contribution in [0.25, 0.3) is 0 Å². The Kier molecular flexibility index (Phi) is 16.2. The van der Waals surface area contributed by atoms with Crippen LogP contribution in [0.3, 0.4) is 0 Å². The fourth-order valence-corrected chi connectivity index (χ4v) is 9.13. The maximum Gasteiger partial charge on any atom is 0.329 e. The van der Waals surface area contributed by atoms with Crippen LogP contribution >= 0.6 is 0 Å². The van der Waals surface area contributed by atoms with E-state index in [1.54, 1.807) is 20.8 Å². The van der Waals surface area contributed by atoms with Gasteiger partial charge in [-0.05, 0) is 95.5 Å². The van der Waals surface area contributed by atoms with Crippen molar-refractivity contribution >= 4 is 23.4 Å². The summed E-state index contributed by atoms with van der Waals surface area (Å²) >= 11 is 0. The highest BCUT2D eigenvalue weighted by atomic mass is 16.7. The number of aliphatic hydroxyl groups excluding tert-OH is 3. The second kappa shape index (κ2) is 19.8. The molecule has 14 atom stereocenters. The number of allylic oxidation sites excluding steroid dienone is 3. The summed E-state index contributed by atoms with van der Waals surface area (Å²) in [6.07, 6.45) is 2.36. The molecule has 4 rings (SSSR count). The molecule has 312 valence electrons. The summed E-state index contributed by atoms with van der Waals surface area (Å²) in [5.41, 5.74) is 1.58. The molecule has 0 aromatic carbocycles. The number of cyclic esters (lactones) is 1. The average Bonchev–Trinajstić information content (AvgIpc) is 3.16. The van der Waals surface area contributed by atoms with Gasteiger partial charge in [0.1, 0.15) is 24.0 Å². The molecule has 3 aliphatic heterocycles. The number of ketones is 2. The minimum atomic E-state index is -2.50. The number of fused-ring (bicyclic) bond motifs is 3. The first-order chi connectivity index (χ1) is 25.9. The van der Waals surface area contributed by atoms with Gasteiger partial charge in [0.25, 0.3) is 11.7 Å². The minimum Gasteiger partial charge on any atom is -0.460 e. The molecule has 1 amide bonds. The smallest absolute Gasteiger partial charge is 0.329 e. The number of carbonyl (C=O) groups is 4. The highest BCUT2D eigenvalue weighted by Crippen LogP contribution is 2.39. The van der Waals surface area contributed by atoms with Crippen LogP contribution in [0.4, 0.5) is 0 Å². The molecular weight excluding hydrogens is 710 g/mol. The van der Waals surface area contributed by atoms with Gasteiger partial charge in [-0.2, -0.15) is 0 Å². The number of nitrogens with zero attached hydrogens (tertiary/aromatic N) is 1. The molecular formula is C42H67NO12. The van der Waals surface area contributed by atoms with E-state index in [1.165, 1.54) is 14.2 Å². The summed E-state index contributed by atoms with van der Waals surface area (Å²) < 4.78 is 24.0. The SMILES string of the molecule is CC[C@@H]1/C=C(\C)CC(C)C[C@H](OC)[C@H]2O[C@@](O)(C(=O)C(=O)N3CCCC[C@H]3C(=O)O[C@@H]([C@@H](C)[C@H](O)/C(C)=C/[C@@H]3CC[C@@H](O)[C@H](O)C3)CC1=O)[C@H](C)C[C@@H]2OC. The van der Waals surface area contributed by atoms with Crippen molar-refractivity contribution in [1.82, 2.24) is 4.90 Å². The molecule has 13 heteroatoms. The highest BCUT2D eigenvalue weighted by Gasteiger charge is 2.56. The Labute approximate surface area is 326 Å². The van der Waals surface area contributed by atoms with Gasteiger partial charge in [0.05, 0.1) is 30.5 Å². The lowest BCUT2D eigenvalue weighted by Gasteiger charge is -2.47. The van der Waals surface area contributed by atoms with E-state index in [4.69, 9.17) is 18.9 Å². The molecule has 4 aliphatic rings. The van der Waals surface area contributed by atoms with Crippen LogP contribution in [-0.2, 0) is 38.1 Å². The third kappa shape index (κ3) is 10.7. The number of rotatable bonds is 7. The first-order valence-electron chi connectivity index (χ1n) is 20.4. The highest BCUT2D eigenvalue weighted by molar-refractivity contribution is 6.39. The Hall–Kier alpha value is -2.52. The number of amides is 1. The number of hydrogen-bond acceptors (Lipinski definition) is 12. The van der Waals surface area contributed by atoms with Crippen molar-refractivity contribution in [2.45, 2.75) is 167 Å². The lowest BCUT2D eigenvalue weighted by Crippen LogP contribution is -2.64. The lowest BCUT2D eigenvalue weighted by atomic mass is 9.81. The number of carbonyl (C=O) groups excluding carboxylic acids is 4. The molecule has 3 heterocycles. The second-order valence-corrected chi connectivity index (χ2v) is 16.9. The van der Waals surface area contributed by atoms with Crippen LogP contribution in [0.1, 0.15) is 112 Å². The van der Waals surface area contributed by atoms with E-state index in [-0.39, 0.29) is 43.4 Å². The van der Waals surface area contributed by atoms with Gasteiger partial charge in [-0.15, -0.1) is 0 Å². The van der Waals surface area contributed by atoms with E-state index in [0.29, 0.717) is 56.9 Å². The zero-order valence-electron chi connectivity index (χ0n) is 34.1. The van der Waals surface area contributed by atoms with Gasteiger partial charge in [-0.25, -0.2) is 4.79 Å². The van der Waals surface area contributed by atoms with Gasteiger partial charge in [0.15, 0.2) is 0 Å². The fourth-order valence-electron chi connectivity index (χ4n) is 9.13. The quantitative estimate of drug-likeness (QED) is 0.167. The van der Waals surface area contributed by atoms with Crippen LogP contribution in [0.15, 0.2) is 23.3 Å². The number of ether oxygens (including phenoxy) is 4. The molecule has 0 spiro atoms. The molecule has 2 saturated heterocycles. The number of piperidine rings is 1. The number of aliphatic hydroxyl groups is 4. The number of Topliss-reactive ketones (excluding diaryl/α,β-unsaturated/α-hetero) is 2. The van der Waals surface area contributed by atoms with E-state index >= 15 is 0 Å². The molecule has 1 unspecified atom stereocenters. The normalized spacial score (nSPS) is 40.1. The third-order valence-electron chi connectivity index (χ3n) is 12.6. The number of hydrogen-bond donors (Lipinski definition) is 4. The zero-order valence-corrected chi connectivity index (χ0v) is 34.1. The Morgan fingerprint density at radius 2 is 1.67 bits per heavy atom. The van der Waals surface area contributed by atoms with Crippen LogP contribution in [0.2, 0.25) is 0 Å². The number of methoxy groups -OCH3 is 2. The first kappa shape index (κ1) is 45.2. The van der Waals surface area contributed by atoms with Crippen molar-refractivity contribution in [2.24, 2.45) is 29.6 Å². The van der Waals surface area contributed by atoms with Crippen LogP contribution in [-0.4, -0.2) is 124 Å². The monoisotopic (exact) mass is 777 g/mol. The van der Waals surface area contributed by atoms with Gasteiger partial charge in [0, 0.05) is 44.9 Å². The molecule has 13 nitrogen and oxygen atoms in total. The van der Waals surface area contributed by atoms with Crippen LogP contribution in [0, 0.1) is 29.6 Å². The maximum atomic E-state index is 14.2. The van der Waals surface area contributed by atoms with Gasteiger partial charge >= 0.3 is 5.97 Å². The fraction of sp³-hybridized carbons (Fsp3) is 0.810. The summed E-state index contributed by atoms with van der Waals surface area (Å²) in [7, 11) is 3.06. The largest absolute Gasteiger partial charge is 0.460 e. The van der Waals surface area contributed by atoms with E-state index < -0.39 is 90.0 Å². The van der Waals surface area contributed by atoms with Crippen molar-refractivity contribution in [3.05, 3.63) is 23.3 Å². The predicted octanol–water partition coefficient (Wildman–Crippen LogP) is 3.82. The lowest BCUT2D eigenvalue weighted by molar-refractivity contribution is -0.302. The second-order valence-electron chi connectivity index (χ2n) is 16.9. The Bertz CT molecular complexity index is 1410. The molecule has 0 aromatic rings. The Balaban J connectivity index is 1.73. The van der Waals surface area contributed by atoms with Gasteiger partial charge in [-0.3, -0.25) is 14.4 Å². The van der Waals surface area contributed by atoms with E-state index in [2.05, 4.69) is 0 Å². The van der Waals surface area contributed by atoms with Crippen molar-refractivity contribution in [3.63, 3.8) is 0 Å². The van der Waals surface area contributed by atoms with Crippen LogP contribution < -0.4 is 0 Å². The van der Waals surface area contributed by atoms with E-state index in [1.807, 2.05) is 32.9 Å². The van der Waals surface area contributed by atoms with Gasteiger partial charge < -0.3 is 44.3 Å². The average molecular weight is 778 g/mol. The minimum absolute atomic E-state index is 0.0306. The first-order valence-corrected chi connectivity index (χ1v) is 20.4. The molecule has 2 bridgehead atoms. The third-order valence-corrected chi connectivity index (χ3v) is 12.6. The van der Waals surface area contributed by atoms with Gasteiger partial charge in [0.2, 0.25) is 5.79 Å². The molecule has 0 radical (unpaired) electrons. The predicted molar refractivity (Wildman–Crippen MR) is 203 cm³/mol. The molecule has 3 fully saturated rings. The number of esters is 1. The molecule has 4 N–H and O–H groups in total. The van der Waals surface area contributed by atoms with Crippen molar-refractivity contribution in [3.8, 4) is 0 Å². The summed E-state index contributed by atoms with van der Waals surface area (Å²) in [6, 6.07) is -1.16. The van der Waals surface area contributed by atoms with Crippen molar-refractivity contribution in [1.29, 1.82) is 0 Å². The maximum absolute atomic E-state index is 14.2. The van der Waals surface area contributed by atoms with Crippen molar-refractivity contribution < 1.29 is 58.6 Å². The van der Waals surface area contributed by atoms with Crippen molar-refractivity contribution in [2.75, 3.05) is 20.8 Å². The molecule has 55 heavy (non-hydrogen) atoms. The van der Waals surface area contributed by atoms with Gasteiger partial charge in [-0.1, -0.05) is 45.4 Å². The Morgan fingerprint density at radius 1 is 1.00 bits per heavy atom. The van der Waals surface area contributed by atoms with E-state index in [9.17, 15) is 39.6 Å². The Morgan fingerprint density at radius 3 is 2.31 bits per heavy atom. The molecule has 1 aliphatic carbocycles. The van der Waals surface area contributed by atoms with Crippen LogP contribution in [0.5, 0.6) is 0 Å². The molecule has 1 saturated carbocycles. The molecule has 0 aromatic heterocycles. The standard InChI is InChI=1S/C42H67NO12/c1-9-29-17-23(2)16-24(3)18-35(52-7)38-36(53-8)20-26(5)42(51,55-38)39(48)40(49)43-15-11-10-12-30(43)41(50)54-34(22-32(29)45)27(6)37(47)25(4)19-28-13-14-31(44)33(46)21-28/h17,19,24,26-31,33-38,44,46-47,51H,9-16,18,20-22H2,1-8H3/b23-17+,25-19+/t24?,26-,27-,28+,29-,30+,31-,33-,34-,35+,36+,37-,38-,42-/m1/s1. The topological polar surface area (TPSA) is 189 Å². The summed E-state index contributed by atoms with van der Waals surface area (Å²) in [5, 5.41) is 43.8. The summed E-state index contributed by atoms with van der Waals surface area (Å²) in [4.78, 5) is 57.6. The zero-order chi connectivity index (χ0) is 40.8.